The monoisotopic (exact) mass is 241 g/mol. The number of rotatable bonds is 6. The normalized spacial score (nSPS) is 12.5. The van der Waals surface area contributed by atoms with E-state index in [2.05, 4.69) is 0 Å². The molecule has 0 aliphatic carbocycles. The molecule has 0 amide bonds. The van der Waals surface area contributed by atoms with Crippen LogP contribution in [0.4, 0.5) is 0 Å². The summed E-state index contributed by atoms with van der Waals surface area (Å²) in [7, 11) is 0. The van der Waals surface area contributed by atoms with Crippen LogP contribution in [0.5, 0.6) is 5.75 Å². The molecule has 16 heavy (non-hydrogen) atoms. The molecule has 0 aliphatic heterocycles. The van der Waals surface area contributed by atoms with E-state index in [0.717, 1.165) is 23.3 Å². The van der Waals surface area contributed by atoms with Crippen LogP contribution in [0.25, 0.3) is 0 Å². The standard InChI is InChI=1S/C12H19NO2S/c1-10-4-5-11(9-16(2)14)8-12(10)15-7-3-6-13/h4-5,8H,3,6-7,9,13H2,1-2H3. The molecule has 0 saturated heterocycles. The lowest BCUT2D eigenvalue weighted by Crippen LogP contribution is -2.07. The highest BCUT2D eigenvalue weighted by Gasteiger charge is 2.05. The van der Waals surface area contributed by atoms with Gasteiger partial charge in [-0.25, -0.2) is 0 Å². The molecule has 4 heteroatoms. The molecule has 1 rings (SSSR count). The van der Waals surface area contributed by atoms with E-state index < -0.39 is 11.2 Å². The highest BCUT2D eigenvalue weighted by atomic mass is 32.2. The van der Waals surface area contributed by atoms with Gasteiger partial charge in [-0.2, -0.15) is 0 Å². The zero-order valence-electron chi connectivity index (χ0n) is 9.86. The summed E-state index contributed by atoms with van der Waals surface area (Å²) >= 11 is -0.814. The van der Waals surface area contributed by atoms with E-state index >= 15 is 0 Å². The zero-order valence-corrected chi connectivity index (χ0v) is 10.7. The predicted molar refractivity (Wildman–Crippen MR) is 68.1 cm³/mol. The van der Waals surface area contributed by atoms with Gasteiger partial charge in [-0.3, -0.25) is 0 Å². The molecule has 1 aromatic rings. The van der Waals surface area contributed by atoms with Crippen molar-refractivity contribution in [3.05, 3.63) is 29.3 Å². The Bertz CT molecular complexity index is 329. The van der Waals surface area contributed by atoms with Gasteiger partial charge in [0, 0.05) is 5.56 Å². The Kier molecular flexibility index (Phi) is 5.66. The summed E-state index contributed by atoms with van der Waals surface area (Å²) in [5.74, 6) is 1.45. The summed E-state index contributed by atoms with van der Waals surface area (Å²) < 4.78 is 16.7. The number of aryl methyl sites for hydroxylation is 1. The molecular formula is C12H19NO2S. The van der Waals surface area contributed by atoms with Crippen LogP contribution in [0.1, 0.15) is 17.5 Å². The van der Waals surface area contributed by atoms with Crippen LogP contribution < -0.4 is 10.5 Å². The molecule has 0 spiro atoms. The molecule has 0 aliphatic rings. The lowest BCUT2D eigenvalue weighted by molar-refractivity contribution is 0.311. The SMILES string of the molecule is Cc1ccc(C[S+](C)[O-])cc1OCCCN. The van der Waals surface area contributed by atoms with E-state index in [1.165, 1.54) is 0 Å². The molecule has 0 radical (unpaired) electrons. The van der Waals surface area contributed by atoms with Crippen molar-refractivity contribution in [2.45, 2.75) is 19.1 Å². The Hall–Kier alpha value is -0.710. The summed E-state index contributed by atoms with van der Waals surface area (Å²) in [6.07, 6.45) is 2.55. The Morgan fingerprint density at radius 1 is 1.44 bits per heavy atom. The number of ether oxygens (including phenoxy) is 1. The Morgan fingerprint density at radius 3 is 2.81 bits per heavy atom. The van der Waals surface area contributed by atoms with Crippen molar-refractivity contribution < 1.29 is 9.29 Å². The van der Waals surface area contributed by atoms with Gasteiger partial charge < -0.3 is 15.0 Å². The fourth-order valence-corrected chi connectivity index (χ4v) is 2.04. The van der Waals surface area contributed by atoms with Crippen LogP contribution in [0, 0.1) is 6.92 Å². The topological polar surface area (TPSA) is 58.3 Å². The molecule has 0 aromatic heterocycles. The quantitative estimate of drug-likeness (QED) is 0.608. The molecule has 0 heterocycles. The summed E-state index contributed by atoms with van der Waals surface area (Å²) in [4.78, 5) is 0. The van der Waals surface area contributed by atoms with Gasteiger partial charge in [0.1, 0.15) is 11.5 Å². The first-order valence-corrected chi connectivity index (χ1v) is 7.08. The average molecular weight is 241 g/mol. The van der Waals surface area contributed by atoms with E-state index in [1.807, 2.05) is 25.1 Å². The number of hydrogen-bond acceptors (Lipinski definition) is 3. The fraction of sp³-hybridized carbons (Fsp3) is 0.500. The Balaban J connectivity index is 2.66. The lowest BCUT2D eigenvalue weighted by Gasteiger charge is -2.11. The van der Waals surface area contributed by atoms with Crippen LogP contribution in [0.3, 0.4) is 0 Å². The van der Waals surface area contributed by atoms with Gasteiger partial charge in [0.05, 0.1) is 12.9 Å². The molecule has 1 unspecified atom stereocenters. The fourth-order valence-electron chi connectivity index (χ4n) is 1.39. The smallest absolute Gasteiger partial charge is 0.130 e. The zero-order chi connectivity index (χ0) is 12.0. The van der Waals surface area contributed by atoms with Crippen molar-refractivity contribution in [2.24, 2.45) is 5.73 Å². The minimum Gasteiger partial charge on any atom is -0.616 e. The first-order chi connectivity index (χ1) is 7.63. The summed E-state index contributed by atoms with van der Waals surface area (Å²) in [5, 5.41) is 0. The van der Waals surface area contributed by atoms with Crippen molar-refractivity contribution >= 4 is 11.2 Å². The van der Waals surface area contributed by atoms with Crippen molar-refractivity contribution in [3.63, 3.8) is 0 Å². The van der Waals surface area contributed by atoms with Gasteiger partial charge in [-0.05, 0) is 31.5 Å². The van der Waals surface area contributed by atoms with Gasteiger partial charge in [0.2, 0.25) is 0 Å². The van der Waals surface area contributed by atoms with Crippen LogP contribution in [-0.4, -0.2) is 24.0 Å². The van der Waals surface area contributed by atoms with Crippen LogP contribution in [0.15, 0.2) is 18.2 Å². The number of benzene rings is 1. The summed E-state index contributed by atoms with van der Waals surface area (Å²) in [6.45, 7) is 3.28. The third-order valence-electron chi connectivity index (χ3n) is 2.23. The maximum absolute atomic E-state index is 11.1. The molecule has 3 nitrogen and oxygen atoms in total. The highest BCUT2D eigenvalue weighted by Crippen LogP contribution is 2.20. The summed E-state index contributed by atoms with van der Waals surface area (Å²) in [6, 6.07) is 5.96. The number of hydrogen-bond donors (Lipinski definition) is 1. The van der Waals surface area contributed by atoms with E-state index in [9.17, 15) is 4.55 Å². The molecule has 0 saturated carbocycles. The van der Waals surface area contributed by atoms with Crippen molar-refractivity contribution in [1.82, 2.24) is 0 Å². The first kappa shape index (κ1) is 13.4. The first-order valence-electron chi connectivity index (χ1n) is 5.36. The van der Waals surface area contributed by atoms with Crippen molar-refractivity contribution in [3.8, 4) is 5.75 Å². The second kappa shape index (κ2) is 6.78. The predicted octanol–water partition coefficient (Wildman–Crippen LogP) is 1.60. The molecule has 90 valence electrons. The van der Waals surface area contributed by atoms with Gasteiger partial charge in [0.25, 0.3) is 0 Å². The summed E-state index contributed by atoms with van der Waals surface area (Å²) in [5.41, 5.74) is 7.56. The molecule has 0 bridgehead atoms. The second-order valence-corrected chi connectivity index (χ2v) is 5.24. The Morgan fingerprint density at radius 2 is 2.19 bits per heavy atom. The second-order valence-electron chi connectivity index (χ2n) is 3.81. The minimum atomic E-state index is -0.814. The molecule has 1 aromatic carbocycles. The van der Waals surface area contributed by atoms with E-state index in [4.69, 9.17) is 10.5 Å². The van der Waals surface area contributed by atoms with Crippen LogP contribution in [-0.2, 0) is 16.9 Å². The molecule has 1 atom stereocenters. The van der Waals surface area contributed by atoms with Gasteiger partial charge in [-0.15, -0.1) is 0 Å². The van der Waals surface area contributed by atoms with Gasteiger partial charge >= 0.3 is 0 Å². The van der Waals surface area contributed by atoms with E-state index in [1.54, 1.807) is 6.26 Å². The molecular weight excluding hydrogens is 222 g/mol. The van der Waals surface area contributed by atoms with Crippen molar-refractivity contribution in [1.29, 1.82) is 0 Å². The van der Waals surface area contributed by atoms with Gasteiger partial charge in [0.15, 0.2) is 0 Å². The maximum atomic E-state index is 11.1. The van der Waals surface area contributed by atoms with E-state index in [0.29, 0.717) is 18.9 Å². The maximum Gasteiger partial charge on any atom is 0.130 e. The van der Waals surface area contributed by atoms with Crippen LogP contribution >= 0.6 is 0 Å². The van der Waals surface area contributed by atoms with E-state index in [-0.39, 0.29) is 0 Å². The molecule has 2 N–H and O–H groups in total. The minimum absolute atomic E-state index is 0.577. The molecule has 0 fully saturated rings. The third kappa shape index (κ3) is 4.43. The lowest BCUT2D eigenvalue weighted by atomic mass is 10.1. The van der Waals surface area contributed by atoms with Crippen molar-refractivity contribution in [2.75, 3.05) is 19.4 Å². The van der Waals surface area contributed by atoms with Crippen LogP contribution in [0.2, 0.25) is 0 Å². The highest BCUT2D eigenvalue weighted by molar-refractivity contribution is 7.89. The third-order valence-corrected chi connectivity index (χ3v) is 2.97. The number of nitrogens with two attached hydrogens (primary N) is 1. The van der Waals surface area contributed by atoms with Gasteiger partial charge in [-0.1, -0.05) is 23.3 Å². The average Bonchev–Trinajstić information content (AvgIpc) is 2.22. The largest absolute Gasteiger partial charge is 0.616 e. The Labute approximate surface area is 100 Å².